The average Bonchev–Trinajstić information content (AvgIpc) is 3.27. The van der Waals surface area contributed by atoms with Gasteiger partial charge in [0.15, 0.2) is 12.4 Å². The van der Waals surface area contributed by atoms with Crippen LogP contribution in [0.5, 0.6) is 5.75 Å². The molecule has 0 aliphatic carbocycles. The highest BCUT2D eigenvalue weighted by Crippen LogP contribution is 2.26. The highest BCUT2D eigenvalue weighted by Gasteiger charge is 2.29. The maximum absolute atomic E-state index is 12.6. The van der Waals surface area contributed by atoms with E-state index in [1.165, 1.54) is 36.7 Å². The smallest absolute Gasteiger partial charge is 0.422 e. The van der Waals surface area contributed by atoms with E-state index in [4.69, 9.17) is 36.3 Å². The molecule has 0 radical (unpaired) electrons. The SMILES string of the molecule is N=C(OC(=N)c1ccco1)c1ccnc(NC(=O)c2cc(Cl)ccc2OCC(F)(F)F)c1. The molecule has 3 N–H and O–H groups in total. The van der Waals surface area contributed by atoms with Gasteiger partial charge in [-0.15, -0.1) is 0 Å². The minimum Gasteiger partial charge on any atom is -0.483 e. The second-order valence-electron chi connectivity index (χ2n) is 6.17. The second kappa shape index (κ2) is 9.52. The molecular formula is C20H14ClF3N4O4. The number of hydrogen-bond acceptors (Lipinski definition) is 7. The second-order valence-corrected chi connectivity index (χ2v) is 6.60. The first-order chi connectivity index (χ1) is 15.1. The Balaban J connectivity index is 1.74. The fraction of sp³-hybridized carbons (Fsp3) is 0.100. The van der Waals surface area contributed by atoms with Gasteiger partial charge in [0.25, 0.3) is 11.8 Å². The number of amides is 1. The van der Waals surface area contributed by atoms with Crippen LogP contribution in [0.15, 0.2) is 59.3 Å². The average molecular weight is 467 g/mol. The fourth-order valence-electron chi connectivity index (χ4n) is 2.41. The Morgan fingerprint density at radius 3 is 2.62 bits per heavy atom. The lowest BCUT2D eigenvalue weighted by Crippen LogP contribution is -2.21. The van der Waals surface area contributed by atoms with Crippen LogP contribution in [0.1, 0.15) is 21.7 Å². The maximum atomic E-state index is 12.6. The molecule has 2 heterocycles. The van der Waals surface area contributed by atoms with Gasteiger partial charge in [-0.25, -0.2) is 4.98 Å². The molecule has 1 amide bonds. The van der Waals surface area contributed by atoms with Gasteiger partial charge in [0.05, 0.1) is 11.8 Å². The number of carbonyl (C=O) groups is 1. The summed E-state index contributed by atoms with van der Waals surface area (Å²) in [6.07, 6.45) is -1.97. The van der Waals surface area contributed by atoms with E-state index in [9.17, 15) is 18.0 Å². The largest absolute Gasteiger partial charge is 0.483 e. The first kappa shape index (κ1) is 22.8. The number of rotatable bonds is 6. The molecule has 0 aliphatic rings. The Kier molecular flexibility index (Phi) is 6.79. The molecule has 0 bridgehead atoms. The zero-order valence-corrected chi connectivity index (χ0v) is 16.8. The van der Waals surface area contributed by atoms with E-state index in [1.807, 2.05) is 0 Å². The van der Waals surface area contributed by atoms with E-state index in [2.05, 4.69) is 10.3 Å². The zero-order chi connectivity index (χ0) is 23.3. The van der Waals surface area contributed by atoms with Gasteiger partial charge in [0.2, 0.25) is 5.90 Å². The van der Waals surface area contributed by atoms with Crippen LogP contribution in [0.25, 0.3) is 0 Å². The molecule has 0 fully saturated rings. The van der Waals surface area contributed by atoms with Gasteiger partial charge in [-0.1, -0.05) is 11.6 Å². The van der Waals surface area contributed by atoms with E-state index in [1.54, 1.807) is 6.07 Å². The fourth-order valence-corrected chi connectivity index (χ4v) is 2.58. The number of aromatic nitrogens is 1. The van der Waals surface area contributed by atoms with Gasteiger partial charge in [0.1, 0.15) is 11.6 Å². The predicted molar refractivity (Wildman–Crippen MR) is 109 cm³/mol. The number of nitrogens with one attached hydrogen (secondary N) is 3. The Hall–Kier alpha value is -3.86. The summed E-state index contributed by atoms with van der Waals surface area (Å²) in [6.45, 7) is -1.58. The van der Waals surface area contributed by atoms with Crippen molar-refractivity contribution in [1.82, 2.24) is 4.98 Å². The third kappa shape index (κ3) is 6.08. The summed E-state index contributed by atoms with van der Waals surface area (Å²) in [5.41, 5.74) is -0.0638. The molecule has 0 atom stereocenters. The van der Waals surface area contributed by atoms with Crippen molar-refractivity contribution in [2.75, 3.05) is 11.9 Å². The molecule has 0 spiro atoms. The Morgan fingerprint density at radius 1 is 1.16 bits per heavy atom. The van der Waals surface area contributed by atoms with Gasteiger partial charge in [-0.05, 0) is 42.5 Å². The van der Waals surface area contributed by atoms with Crippen molar-refractivity contribution in [3.8, 4) is 5.75 Å². The van der Waals surface area contributed by atoms with Crippen molar-refractivity contribution in [1.29, 1.82) is 10.8 Å². The van der Waals surface area contributed by atoms with Gasteiger partial charge in [-0.3, -0.25) is 15.6 Å². The Labute approximate surface area is 183 Å². The summed E-state index contributed by atoms with van der Waals surface area (Å²) in [4.78, 5) is 16.6. The summed E-state index contributed by atoms with van der Waals surface area (Å²) >= 11 is 5.87. The van der Waals surface area contributed by atoms with Crippen LogP contribution >= 0.6 is 11.6 Å². The molecule has 166 valence electrons. The number of ether oxygens (including phenoxy) is 2. The molecule has 3 rings (SSSR count). The van der Waals surface area contributed by atoms with Crippen LogP contribution in [-0.2, 0) is 4.74 Å². The molecule has 0 aliphatic heterocycles. The summed E-state index contributed by atoms with van der Waals surface area (Å²) < 4.78 is 52.3. The minimum atomic E-state index is -4.59. The van der Waals surface area contributed by atoms with Crippen molar-refractivity contribution in [2.24, 2.45) is 0 Å². The summed E-state index contributed by atoms with van der Waals surface area (Å²) in [5.74, 6) is -1.86. The molecule has 3 aromatic rings. The van der Waals surface area contributed by atoms with Crippen molar-refractivity contribution in [3.05, 3.63) is 76.8 Å². The first-order valence-electron chi connectivity index (χ1n) is 8.78. The number of nitrogens with zero attached hydrogens (tertiary/aromatic N) is 1. The van der Waals surface area contributed by atoms with Crippen molar-refractivity contribution < 1.29 is 31.9 Å². The molecule has 0 saturated heterocycles. The third-order valence-electron chi connectivity index (χ3n) is 3.79. The van der Waals surface area contributed by atoms with E-state index >= 15 is 0 Å². The predicted octanol–water partition coefficient (Wildman–Crippen LogP) is 4.89. The summed E-state index contributed by atoms with van der Waals surface area (Å²) in [6, 6.07) is 9.33. The Morgan fingerprint density at radius 2 is 1.94 bits per heavy atom. The number of hydrogen-bond donors (Lipinski definition) is 3. The molecule has 12 heteroatoms. The third-order valence-corrected chi connectivity index (χ3v) is 4.03. The van der Waals surface area contributed by atoms with Crippen LogP contribution in [0.2, 0.25) is 5.02 Å². The number of pyridine rings is 1. The number of benzene rings is 1. The summed E-state index contributed by atoms with van der Waals surface area (Å²) in [7, 11) is 0. The lowest BCUT2D eigenvalue weighted by Gasteiger charge is -2.13. The van der Waals surface area contributed by atoms with Crippen LogP contribution < -0.4 is 10.1 Å². The van der Waals surface area contributed by atoms with E-state index in [0.717, 1.165) is 12.1 Å². The summed E-state index contributed by atoms with van der Waals surface area (Å²) in [5, 5.41) is 18.3. The standard InChI is InChI=1S/C20H14ClF3N4O4/c21-12-3-4-14(31-10-20(22,23)24)13(9-12)19(29)28-16-8-11(5-6-27-16)17(25)32-18(26)15-2-1-7-30-15/h1-9,25-26H,10H2,(H,27,28,29). The zero-order valence-electron chi connectivity index (χ0n) is 16.0. The van der Waals surface area contributed by atoms with E-state index < -0.39 is 30.5 Å². The van der Waals surface area contributed by atoms with Crippen LogP contribution in [0.4, 0.5) is 19.0 Å². The van der Waals surface area contributed by atoms with Gasteiger partial charge < -0.3 is 19.2 Å². The number of alkyl halides is 3. The molecule has 32 heavy (non-hydrogen) atoms. The first-order valence-corrected chi connectivity index (χ1v) is 9.16. The molecule has 8 nitrogen and oxygen atoms in total. The van der Waals surface area contributed by atoms with E-state index in [0.29, 0.717) is 0 Å². The number of furan rings is 1. The molecule has 0 saturated carbocycles. The van der Waals surface area contributed by atoms with Crippen molar-refractivity contribution in [3.63, 3.8) is 0 Å². The van der Waals surface area contributed by atoms with E-state index in [-0.39, 0.29) is 33.5 Å². The van der Waals surface area contributed by atoms with Crippen LogP contribution in [-0.4, -0.2) is 35.5 Å². The number of carbonyl (C=O) groups excluding carboxylic acids is 1. The molecule has 1 aromatic carbocycles. The van der Waals surface area contributed by atoms with Crippen LogP contribution in [0, 0.1) is 10.8 Å². The topological polar surface area (TPSA) is 121 Å². The maximum Gasteiger partial charge on any atom is 0.422 e. The highest BCUT2D eigenvalue weighted by atomic mass is 35.5. The highest BCUT2D eigenvalue weighted by molar-refractivity contribution is 6.31. The molecule has 0 unspecified atom stereocenters. The van der Waals surface area contributed by atoms with Crippen LogP contribution in [0.3, 0.4) is 0 Å². The molecular weight excluding hydrogens is 453 g/mol. The quantitative estimate of drug-likeness (QED) is 0.353. The minimum absolute atomic E-state index is 0.0212. The van der Waals surface area contributed by atoms with Gasteiger partial charge in [-0.2, -0.15) is 13.2 Å². The monoisotopic (exact) mass is 466 g/mol. The van der Waals surface area contributed by atoms with Crippen molar-refractivity contribution in [2.45, 2.75) is 6.18 Å². The lowest BCUT2D eigenvalue weighted by atomic mass is 10.2. The number of anilines is 1. The molecule has 2 aromatic heterocycles. The lowest BCUT2D eigenvalue weighted by molar-refractivity contribution is -0.153. The number of halogens is 4. The van der Waals surface area contributed by atoms with Gasteiger partial charge >= 0.3 is 6.18 Å². The Bertz CT molecular complexity index is 1150. The van der Waals surface area contributed by atoms with Crippen molar-refractivity contribution >= 4 is 35.1 Å². The normalized spacial score (nSPS) is 11.0. The van der Waals surface area contributed by atoms with Gasteiger partial charge in [0, 0.05) is 16.8 Å².